The molecule has 160 valence electrons. The highest BCUT2D eigenvalue weighted by atomic mass is 16.2. The Morgan fingerprint density at radius 3 is 2.90 bits per heavy atom. The number of anilines is 1. The second-order valence-corrected chi connectivity index (χ2v) is 8.11. The van der Waals surface area contributed by atoms with E-state index < -0.39 is 6.04 Å². The first kappa shape index (κ1) is 19.5. The van der Waals surface area contributed by atoms with E-state index in [1.165, 1.54) is 6.07 Å². The molecule has 2 aliphatic rings. The van der Waals surface area contributed by atoms with Gasteiger partial charge in [-0.15, -0.1) is 0 Å². The molecular weight excluding hydrogens is 394 g/mol. The van der Waals surface area contributed by atoms with E-state index in [4.69, 9.17) is 0 Å². The number of aromatic nitrogens is 5. The van der Waals surface area contributed by atoms with Crippen LogP contribution in [0.3, 0.4) is 0 Å². The molecule has 0 aromatic carbocycles. The van der Waals surface area contributed by atoms with Crippen LogP contribution >= 0.6 is 0 Å². The molecule has 3 aromatic heterocycles. The summed E-state index contributed by atoms with van der Waals surface area (Å²) in [7, 11) is 0. The van der Waals surface area contributed by atoms with Crippen molar-refractivity contribution in [2.75, 3.05) is 18.0 Å². The molecule has 5 rings (SSSR count). The first-order valence-corrected chi connectivity index (χ1v) is 10.7. The molecule has 9 nitrogen and oxygen atoms in total. The molecule has 3 aromatic rings. The molecule has 9 heteroatoms. The Hall–Kier alpha value is -3.49. The van der Waals surface area contributed by atoms with E-state index in [0.717, 1.165) is 36.8 Å². The number of nitrogens with one attached hydrogen (secondary N) is 1. The van der Waals surface area contributed by atoms with Crippen LogP contribution in [-0.4, -0.2) is 43.1 Å². The summed E-state index contributed by atoms with van der Waals surface area (Å²) < 4.78 is 3.70. The van der Waals surface area contributed by atoms with Crippen LogP contribution in [0.5, 0.6) is 0 Å². The lowest BCUT2D eigenvalue weighted by atomic mass is 9.78. The number of imidazole rings is 1. The lowest BCUT2D eigenvalue weighted by molar-refractivity contribution is -0.127. The van der Waals surface area contributed by atoms with Crippen LogP contribution in [-0.2, 0) is 17.9 Å². The number of aryl methyl sites for hydroxylation is 1. The van der Waals surface area contributed by atoms with Gasteiger partial charge in [0.25, 0.3) is 5.56 Å². The summed E-state index contributed by atoms with van der Waals surface area (Å²) in [5, 5.41) is 3.03. The number of amides is 1. The molecule has 31 heavy (non-hydrogen) atoms. The van der Waals surface area contributed by atoms with Crippen molar-refractivity contribution in [3.05, 3.63) is 71.1 Å². The van der Waals surface area contributed by atoms with E-state index >= 15 is 0 Å². The molecule has 0 radical (unpaired) electrons. The minimum absolute atomic E-state index is 0.000670. The van der Waals surface area contributed by atoms with Crippen molar-refractivity contribution < 1.29 is 4.79 Å². The fourth-order valence-corrected chi connectivity index (χ4v) is 4.98. The van der Waals surface area contributed by atoms with Gasteiger partial charge >= 0.3 is 0 Å². The molecule has 0 aliphatic carbocycles. The number of carbonyl (C=O) groups is 1. The van der Waals surface area contributed by atoms with E-state index in [2.05, 4.69) is 25.2 Å². The van der Waals surface area contributed by atoms with Crippen LogP contribution in [0.25, 0.3) is 0 Å². The number of rotatable bonds is 5. The predicted octanol–water partition coefficient (Wildman–Crippen LogP) is 1.34. The molecule has 0 saturated carbocycles. The third-order valence-corrected chi connectivity index (χ3v) is 6.35. The Balaban J connectivity index is 1.46. The monoisotopic (exact) mass is 419 g/mol. The highest BCUT2D eigenvalue weighted by Crippen LogP contribution is 2.42. The Kier molecular flexibility index (Phi) is 5.01. The van der Waals surface area contributed by atoms with Gasteiger partial charge in [0.2, 0.25) is 5.91 Å². The van der Waals surface area contributed by atoms with E-state index in [-0.39, 0.29) is 23.3 Å². The van der Waals surface area contributed by atoms with E-state index in [0.29, 0.717) is 13.1 Å². The van der Waals surface area contributed by atoms with E-state index in [9.17, 15) is 9.59 Å². The minimum atomic E-state index is -0.565. The van der Waals surface area contributed by atoms with Gasteiger partial charge in [0.15, 0.2) is 0 Å². The Morgan fingerprint density at radius 1 is 1.19 bits per heavy atom. The van der Waals surface area contributed by atoms with Crippen LogP contribution in [0.4, 0.5) is 5.82 Å². The van der Waals surface area contributed by atoms with Crippen molar-refractivity contribution in [2.24, 2.45) is 5.92 Å². The summed E-state index contributed by atoms with van der Waals surface area (Å²) in [4.78, 5) is 41.4. The zero-order valence-corrected chi connectivity index (χ0v) is 17.4. The largest absolute Gasteiger partial charge is 0.354 e. The van der Waals surface area contributed by atoms with Gasteiger partial charge in [0, 0.05) is 68.0 Å². The molecule has 0 spiro atoms. The van der Waals surface area contributed by atoms with Gasteiger partial charge in [-0.1, -0.05) is 6.07 Å². The molecular formula is C22H25N7O2. The van der Waals surface area contributed by atoms with Crippen LogP contribution in [0.1, 0.15) is 36.8 Å². The van der Waals surface area contributed by atoms with Gasteiger partial charge < -0.3 is 14.8 Å². The lowest BCUT2D eigenvalue weighted by Gasteiger charge is -2.46. The number of hydrogen-bond acceptors (Lipinski definition) is 6. The average molecular weight is 419 g/mol. The fourth-order valence-electron chi connectivity index (χ4n) is 4.98. The lowest BCUT2D eigenvalue weighted by Crippen LogP contribution is -2.53. The second kappa shape index (κ2) is 7.98. The molecule has 1 fully saturated rings. The normalized spacial score (nSPS) is 22.1. The van der Waals surface area contributed by atoms with Gasteiger partial charge in [-0.05, 0) is 19.4 Å². The van der Waals surface area contributed by atoms with Crippen LogP contribution in [0.15, 0.2) is 54.0 Å². The minimum Gasteiger partial charge on any atom is -0.354 e. The maximum absolute atomic E-state index is 13.4. The third kappa shape index (κ3) is 3.49. The summed E-state index contributed by atoms with van der Waals surface area (Å²) in [5.41, 5.74) is 0.780. The highest BCUT2D eigenvalue weighted by molar-refractivity contribution is 5.81. The average Bonchev–Trinajstić information content (AvgIpc) is 3.26. The molecule has 1 saturated heterocycles. The van der Waals surface area contributed by atoms with Crippen molar-refractivity contribution in [2.45, 2.75) is 38.4 Å². The van der Waals surface area contributed by atoms with E-state index in [1.807, 2.05) is 23.8 Å². The summed E-state index contributed by atoms with van der Waals surface area (Å²) in [6.45, 7) is 4.55. The number of pyridine rings is 1. The first-order valence-electron chi connectivity index (χ1n) is 10.7. The van der Waals surface area contributed by atoms with Crippen molar-refractivity contribution in [3.63, 3.8) is 0 Å². The van der Waals surface area contributed by atoms with E-state index in [1.54, 1.807) is 35.4 Å². The summed E-state index contributed by atoms with van der Waals surface area (Å²) in [5.74, 6) is 1.62. The maximum Gasteiger partial charge on any atom is 0.251 e. The third-order valence-electron chi connectivity index (χ3n) is 6.35. The maximum atomic E-state index is 13.4. The van der Waals surface area contributed by atoms with Crippen LogP contribution in [0, 0.1) is 5.92 Å². The zero-order valence-electron chi connectivity index (χ0n) is 17.4. The Bertz CT molecular complexity index is 1140. The molecule has 2 aliphatic heterocycles. The Morgan fingerprint density at radius 2 is 2.10 bits per heavy atom. The van der Waals surface area contributed by atoms with Gasteiger partial charge in [-0.2, -0.15) is 0 Å². The number of hydrogen-bond donors (Lipinski definition) is 1. The molecule has 3 atom stereocenters. The standard InChI is InChI=1S/C22H25N7O2/c1-2-27-9-8-25-19(27)12-26-22(31)21-16-10-15(17-4-3-5-20(30)29(17)21)13-28(14-16)18-11-23-6-7-24-18/h3-9,11,15-16,21H,2,10,12-14H2,1H3,(H,26,31)/t15-,16+,21-/m1/s1. The molecule has 1 amide bonds. The van der Waals surface area contributed by atoms with Gasteiger partial charge in [-0.25, -0.2) is 9.97 Å². The molecule has 0 unspecified atom stereocenters. The molecule has 2 bridgehead atoms. The number of fused-ring (bicyclic) bond motifs is 4. The zero-order chi connectivity index (χ0) is 21.4. The second-order valence-electron chi connectivity index (χ2n) is 8.11. The SMILES string of the molecule is CCn1ccnc1CNC(=O)[C@H]1[C@H]2C[C@H](CN(c3cnccn3)C2)c2cccc(=O)n21. The fraction of sp³-hybridized carbons (Fsp3) is 0.409. The predicted molar refractivity (Wildman–Crippen MR) is 115 cm³/mol. The smallest absolute Gasteiger partial charge is 0.251 e. The highest BCUT2D eigenvalue weighted by Gasteiger charge is 2.44. The number of nitrogens with zero attached hydrogens (tertiary/aromatic N) is 6. The Labute approximate surface area is 179 Å². The van der Waals surface area contributed by atoms with Crippen molar-refractivity contribution in [1.29, 1.82) is 0 Å². The first-order chi connectivity index (χ1) is 15.2. The van der Waals surface area contributed by atoms with Gasteiger partial charge in [-0.3, -0.25) is 19.1 Å². The number of carbonyl (C=O) groups excluding carboxylic acids is 1. The summed E-state index contributed by atoms with van der Waals surface area (Å²) in [6.07, 6.45) is 9.57. The number of piperidine rings is 1. The van der Waals surface area contributed by atoms with Crippen molar-refractivity contribution >= 4 is 11.7 Å². The topological polar surface area (TPSA) is 97.9 Å². The molecule has 5 heterocycles. The summed E-state index contributed by atoms with van der Waals surface area (Å²) >= 11 is 0. The van der Waals surface area contributed by atoms with Crippen LogP contribution < -0.4 is 15.8 Å². The quantitative estimate of drug-likeness (QED) is 0.670. The molecule has 1 N–H and O–H groups in total. The summed E-state index contributed by atoms with van der Waals surface area (Å²) in [6, 6.07) is 4.72. The van der Waals surface area contributed by atoms with Crippen molar-refractivity contribution in [3.8, 4) is 0 Å². The van der Waals surface area contributed by atoms with Crippen molar-refractivity contribution in [1.82, 2.24) is 29.4 Å². The van der Waals surface area contributed by atoms with Gasteiger partial charge in [0.1, 0.15) is 17.7 Å². The van der Waals surface area contributed by atoms with Gasteiger partial charge in [0.05, 0.1) is 12.7 Å². The van der Waals surface area contributed by atoms with Crippen LogP contribution in [0.2, 0.25) is 0 Å².